The lowest BCUT2D eigenvalue weighted by Gasteiger charge is -2.16. The Hall–Kier alpha value is -0.560. The van der Waals surface area contributed by atoms with E-state index in [1.807, 2.05) is 26.3 Å². The van der Waals surface area contributed by atoms with Gasteiger partial charge in [0.2, 0.25) is 10.0 Å². The molecule has 6 heteroatoms. The van der Waals surface area contributed by atoms with Gasteiger partial charge in [0.1, 0.15) is 0 Å². The molecule has 1 aromatic rings. The Kier molecular flexibility index (Phi) is 7.73. The Bertz CT molecular complexity index is 528. The summed E-state index contributed by atoms with van der Waals surface area (Å²) in [6.07, 6.45) is 2.94. The number of hydrogen-bond donors (Lipinski definition) is 2. The van der Waals surface area contributed by atoms with E-state index in [4.69, 9.17) is 0 Å². The van der Waals surface area contributed by atoms with Crippen LogP contribution in [0.3, 0.4) is 0 Å². The maximum atomic E-state index is 12.4. The largest absolute Gasteiger partial charge is 0.313 e. The highest BCUT2D eigenvalue weighted by molar-refractivity contribution is 7.98. The van der Waals surface area contributed by atoms with Gasteiger partial charge in [0.05, 0.1) is 4.90 Å². The zero-order valence-corrected chi connectivity index (χ0v) is 14.9. The van der Waals surface area contributed by atoms with Crippen molar-refractivity contribution in [2.75, 3.05) is 25.6 Å². The van der Waals surface area contributed by atoms with Crippen molar-refractivity contribution in [3.05, 3.63) is 29.8 Å². The van der Waals surface area contributed by atoms with Gasteiger partial charge in [0.15, 0.2) is 0 Å². The van der Waals surface area contributed by atoms with E-state index in [0.717, 1.165) is 17.7 Å². The molecule has 0 saturated carbocycles. The molecule has 2 N–H and O–H groups in total. The first-order valence-corrected chi connectivity index (χ1v) is 10.1. The number of rotatable bonds is 9. The van der Waals surface area contributed by atoms with Gasteiger partial charge >= 0.3 is 0 Å². The third-order valence-corrected chi connectivity index (χ3v) is 5.72. The minimum atomic E-state index is -3.43. The van der Waals surface area contributed by atoms with Gasteiger partial charge in [-0.2, -0.15) is 11.8 Å². The van der Waals surface area contributed by atoms with Crippen LogP contribution in [0.2, 0.25) is 0 Å². The molecule has 0 aliphatic heterocycles. The summed E-state index contributed by atoms with van der Waals surface area (Å²) in [5, 5.41) is 3.20. The number of hydrogen-bond acceptors (Lipinski definition) is 4. The molecule has 1 aromatic carbocycles. The second-order valence-electron chi connectivity index (χ2n) is 5.23. The van der Waals surface area contributed by atoms with E-state index in [0.29, 0.717) is 17.4 Å². The second kappa shape index (κ2) is 8.78. The van der Waals surface area contributed by atoms with Crippen molar-refractivity contribution in [2.24, 2.45) is 5.92 Å². The van der Waals surface area contributed by atoms with Crippen LogP contribution in [0.15, 0.2) is 29.2 Å². The third-order valence-electron chi connectivity index (χ3n) is 3.40. The van der Waals surface area contributed by atoms with E-state index in [9.17, 15) is 8.42 Å². The summed E-state index contributed by atoms with van der Waals surface area (Å²) in [6, 6.07) is 7.34. The molecule has 0 fully saturated rings. The number of benzene rings is 1. The van der Waals surface area contributed by atoms with E-state index >= 15 is 0 Å². The lowest BCUT2D eigenvalue weighted by molar-refractivity contribution is 0.559. The van der Waals surface area contributed by atoms with Gasteiger partial charge in [-0.25, -0.2) is 13.1 Å². The molecule has 2 unspecified atom stereocenters. The SMILES string of the molecule is CCC(NC)c1cccc(S(=O)(=O)NCC(C)CSC)c1. The summed E-state index contributed by atoms with van der Waals surface area (Å²) in [6.45, 7) is 4.59. The smallest absolute Gasteiger partial charge is 0.240 e. The van der Waals surface area contributed by atoms with Gasteiger partial charge in [-0.05, 0) is 49.1 Å². The molecule has 0 radical (unpaired) electrons. The number of thioether (sulfide) groups is 1. The average Bonchev–Trinajstić information content (AvgIpc) is 2.47. The van der Waals surface area contributed by atoms with E-state index < -0.39 is 10.0 Å². The molecule has 0 spiro atoms. The monoisotopic (exact) mass is 330 g/mol. The summed E-state index contributed by atoms with van der Waals surface area (Å²) in [4.78, 5) is 0.338. The molecule has 21 heavy (non-hydrogen) atoms. The number of nitrogens with one attached hydrogen (secondary N) is 2. The molecular formula is C15H26N2O2S2. The van der Waals surface area contributed by atoms with E-state index in [2.05, 4.69) is 17.0 Å². The van der Waals surface area contributed by atoms with Crippen LogP contribution in [-0.4, -0.2) is 34.0 Å². The van der Waals surface area contributed by atoms with Crippen molar-refractivity contribution in [1.82, 2.24) is 10.0 Å². The van der Waals surface area contributed by atoms with E-state index in [1.165, 1.54) is 0 Å². The van der Waals surface area contributed by atoms with E-state index in [-0.39, 0.29) is 6.04 Å². The van der Waals surface area contributed by atoms with Crippen molar-refractivity contribution in [3.8, 4) is 0 Å². The van der Waals surface area contributed by atoms with Crippen LogP contribution in [0, 0.1) is 5.92 Å². The molecular weight excluding hydrogens is 304 g/mol. The van der Waals surface area contributed by atoms with Crippen molar-refractivity contribution in [1.29, 1.82) is 0 Å². The Balaban J connectivity index is 2.86. The van der Waals surface area contributed by atoms with Gasteiger partial charge in [-0.3, -0.25) is 0 Å². The lowest BCUT2D eigenvalue weighted by atomic mass is 10.1. The topological polar surface area (TPSA) is 58.2 Å². The average molecular weight is 331 g/mol. The first-order valence-electron chi connectivity index (χ1n) is 7.20. The summed E-state index contributed by atoms with van der Waals surface area (Å²) >= 11 is 1.73. The molecule has 0 saturated heterocycles. The fourth-order valence-electron chi connectivity index (χ4n) is 2.18. The maximum Gasteiger partial charge on any atom is 0.240 e. The van der Waals surface area contributed by atoms with E-state index in [1.54, 1.807) is 30.0 Å². The third kappa shape index (κ3) is 5.62. The van der Waals surface area contributed by atoms with Gasteiger partial charge in [0, 0.05) is 12.6 Å². The molecule has 1 rings (SSSR count). The minimum Gasteiger partial charge on any atom is -0.313 e. The molecule has 0 amide bonds. The zero-order valence-electron chi connectivity index (χ0n) is 13.2. The first kappa shape index (κ1) is 18.5. The zero-order chi connectivity index (χ0) is 15.9. The fourth-order valence-corrected chi connectivity index (χ4v) is 4.09. The fraction of sp³-hybridized carbons (Fsp3) is 0.600. The quantitative estimate of drug-likeness (QED) is 0.731. The molecule has 0 bridgehead atoms. The van der Waals surface area contributed by atoms with Gasteiger partial charge < -0.3 is 5.32 Å². The van der Waals surface area contributed by atoms with Crippen LogP contribution in [0.1, 0.15) is 31.9 Å². The molecule has 0 heterocycles. The highest BCUT2D eigenvalue weighted by Gasteiger charge is 2.17. The molecule has 0 aliphatic carbocycles. The molecule has 0 aromatic heterocycles. The highest BCUT2D eigenvalue weighted by atomic mass is 32.2. The van der Waals surface area contributed by atoms with Crippen LogP contribution in [0.4, 0.5) is 0 Å². The standard InChI is InChI=1S/C15H26N2O2S2/c1-5-15(16-3)13-7-6-8-14(9-13)21(18,19)17-10-12(2)11-20-4/h6-9,12,15-17H,5,10-11H2,1-4H3. The van der Waals surface area contributed by atoms with Crippen molar-refractivity contribution >= 4 is 21.8 Å². The Morgan fingerprint density at radius 2 is 2.05 bits per heavy atom. The first-order chi connectivity index (χ1) is 9.94. The van der Waals surface area contributed by atoms with Crippen molar-refractivity contribution in [2.45, 2.75) is 31.2 Å². The Morgan fingerprint density at radius 3 is 2.62 bits per heavy atom. The summed E-state index contributed by atoms with van der Waals surface area (Å²) in [7, 11) is -1.55. The Labute approximate surface area is 133 Å². The van der Waals surface area contributed by atoms with Crippen LogP contribution < -0.4 is 10.0 Å². The van der Waals surface area contributed by atoms with Crippen LogP contribution in [-0.2, 0) is 10.0 Å². The summed E-state index contributed by atoms with van der Waals surface area (Å²) < 4.78 is 27.4. The van der Waals surface area contributed by atoms with Crippen LogP contribution in [0.5, 0.6) is 0 Å². The van der Waals surface area contributed by atoms with Gasteiger partial charge in [0.25, 0.3) is 0 Å². The second-order valence-corrected chi connectivity index (χ2v) is 7.91. The molecule has 4 nitrogen and oxygen atoms in total. The van der Waals surface area contributed by atoms with Gasteiger partial charge in [-0.1, -0.05) is 26.0 Å². The van der Waals surface area contributed by atoms with Crippen LogP contribution in [0.25, 0.3) is 0 Å². The summed E-state index contributed by atoms with van der Waals surface area (Å²) in [5.41, 5.74) is 1.00. The predicted octanol–water partition coefficient (Wildman–Crippen LogP) is 2.63. The highest BCUT2D eigenvalue weighted by Crippen LogP contribution is 2.20. The minimum absolute atomic E-state index is 0.176. The summed E-state index contributed by atoms with van der Waals surface area (Å²) in [5.74, 6) is 1.26. The normalized spacial score (nSPS) is 14.9. The predicted molar refractivity (Wildman–Crippen MR) is 91.3 cm³/mol. The molecule has 120 valence electrons. The number of sulfonamides is 1. The molecule has 2 atom stereocenters. The maximum absolute atomic E-state index is 12.4. The Morgan fingerprint density at radius 1 is 1.33 bits per heavy atom. The van der Waals surface area contributed by atoms with Crippen LogP contribution >= 0.6 is 11.8 Å². The van der Waals surface area contributed by atoms with Crippen molar-refractivity contribution < 1.29 is 8.42 Å². The van der Waals surface area contributed by atoms with Crippen molar-refractivity contribution in [3.63, 3.8) is 0 Å². The van der Waals surface area contributed by atoms with Gasteiger partial charge in [-0.15, -0.1) is 0 Å². The molecule has 0 aliphatic rings. The lowest BCUT2D eigenvalue weighted by Crippen LogP contribution is -2.29.